The second-order valence-corrected chi connectivity index (χ2v) is 3.73. The Balaban J connectivity index is 2.32. The zero-order valence-electron chi connectivity index (χ0n) is 7.12. The first-order valence-electron chi connectivity index (χ1n) is 4.45. The maximum atomic E-state index is 10.4. The van der Waals surface area contributed by atoms with Gasteiger partial charge in [0.2, 0.25) is 0 Å². The fourth-order valence-electron chi connectivity index (χ4n) is 1.78. The number of hydrogen-bond donors (Lipinski definition) is 1. The average Bonchev–Trinajstić information content (AvgIpc) is 2.05. The van der Waals surface area contributed by atoms with Crippen molar-refractivity contribution in [2.24, 2.45) is 17.6 Å². The van der Waals surface area contributed by atoms with Gasteiger partial charge in [0, 0.05) is 0 Å². The molecule has 1 fully saturated rings. The molecule has 0 radical (unpaired) electrons. The Hall–Kier alpha value is -0.370. The van der Waals surface area contributed by atoms with Crippen LogP contribution in [0.5, 0.6) is 0 Å². The summed E-state index contributed by atoms with van der Waals surface area (Å²) in [6.07, 6.45) is 5.65. The maximum Gasteiger partial charge on any atom is 0.136 e. The molecular formula is C9H17NO. The largest absolute Gasteiger partial charge is 0.322 e. The zero-order valence-corrected chi connectivity index (χ0v) is 7.12. The lowest BCUT2D eigenvalue weighted by Crippen LogP contribution is -2.33. The number of aldehydes is 1. The normalized spacial score (nSPS) is 34.7. The molecule has 1 aliphatic carbocycles. The number of rotatable bonds is 2. The molecule has 0 bridgehead atoms. The van der Waals surface area contributed by atoms with E-state index >= 15 is 0 Å². The quantitative estimate of drug-likeness (QED) is 0.611. The van der Waals surface area contributed by atoms with Gasteiger partial charge in [0.25, 0.3) is 0 Å². The minimum absolute atomic E-state index is 0.206. The van der Waals surface area contributed by atoms with Gasteiger partial charge in [-0.15, -0.1) is 0 Å². The smallest absolute Gasteiger partial charge is 0.136 e. The summed E-state index contributed by atoms with van der Waals surface area (Å²) in [4.78, 5) is 10.4. The molecule has 0 aromatic carbocycles. The standard InChI is InChI=1S/C9H17NO/c1-7-2-4-8(5-3-7)9(10)6-11/h6-9H,2-5,10H2,1H3/t7?,8?,9-/m1/s1. The number of carbonyl (C=O) groups is 1. The third kappa shape index (κ3) is 2.29. The number of hydrogen-bond acceptors (Lipinski definition) is 2. The summed E-state index contributed by atoms with van der Waals surface area (Å²) in [6.45, 7) is 2.27. The summed E-state index contributed by atoms with van der Waals surface area (Å²) >= 11 is 0. The highest BCUT2D eigenvalue weighted by atomic mass is 16.1. The van der Waals surface area contributed by atoms with Crippen LogP contribution in [0.15, 0.2) is 0 Å². The van der Waals surface area contributed by atoms with Crippen molar-refractivity contribution in [2.45, 2.75) is 38.6 Å². The maximum absolute atomic E-state index is 10.4. The van der Waals surface area contributed by atoms with Crippen LogP contribution in [0, 0.1) is 11.8 Å². The molecule has 0 aromatic heterocycles. The van der Waals surface area contributed by atoms with E-state index in [1.807, 2.05) is 0 Å². The SMILES string of the molecule is CC1CCC([C@H](N)C=O)CC1. The molecule has 1 rings (SSSR count). The van der Waals surface area contributed by atoms with Crippen molar-refractivity contribution in [3.63, 3.8) is 0 Å². The van der Waals surface area contributed by atoms with E-state index < -0.39 is 0 Å². The molecule has 2 N–H and O–H groups in total. The van der Waals surface area contributed by atoms with Crippen molar-refractivity contribution in [1.82, 2.24) is 0 Å². The van der Waals surface area contributed by atoms with Crippen LogP contribution in [0.4, 0.5) is 0 Å². The minimum atomic E-state index is -0.206. The molecule has 2 nitrogen and oxygen atoms in total. The van der Waals surface area contributed by atoms with E-state index in [2.05, 4.69) is 6.92 Å². The van der Waals surface area contributed by atoms with Crippen LogP contribution >= 0.6 is 0 Å². The van der Waals surface area contributed by atoms with Gasteiger partial charge in [0.15, 0.2) is 0 Å². The Kier molecular flexibility index (Phi) is 3.06. The Bertz CT molecular complexity index is 128. The second kappa shape index (κ2) is 3.86. The Morgan fingerprint density at radius 2 is 1.91 bits per heavy atom. The van der Waals surface area contributed by atoms with Crippen molar-refractivity contribution in [1.29, 1.82) is 0 Å². The van der Waals surface area contributed by atoms with Gasteiger partial charge in [-0.25, -0.2) is 0 Å². The van der Waals surface area contributed by atoms with Gasteiger partial charge in [-0.2, -0.15) is 0 Å². The van der Waals surface area contributed by atoms with Crippen LogP contribution in [0.3, 0.4) is 0 Å². The molecule has 2 heteroatoms. The fraction of sp³-hybridized carbons (Fsp3) is 0.889. The predicted molar refractivity (Wildman–Crippen MR) is 45.2 cm³/mol. The predicted octanol–water partition coefficient (Wildman–Crippen LogP) is 1.34. The first kappa shape index (κ1) is 8.72. The van der Waals surface area contributed by atoms with Gasteiger partial charge < -0.3 is 10.5 Å². The van der Waals surface area contributed by atoms with E-state index in [4.69, 9.17) is 5.73 Å². The van der Waals surface area contributed by atoms with Gasteiger partial charge in [0.1, 0.15) is 6.29 Å². The van der Waals surface area contributed by atoms with Crippen LogP contribution in [0.25, 0.3) is 0 Å². The monoisotopic (exact) mass is 155 g/mol. The molecule has 1 saturated carbocycles. The number of nitrogens with two attached hydrogens (primary N) is 1. The van der Waals surface area contributed by atoms with Crippen LogP contribution in [-0.2, 0) is 4.79 Å². The molecule has 0 spiro atoms. The van der Waals surface area contributed by atoms with Crippen molar-refractivity contribution in [3.05, 3.63) is 0 Å². The van der Waals surface area contributed by atoms with E-state index in [-0.39, 0.29) is 6.04 Å². The lowest BCUT2D eigenvalue weighted by molar-refractivity contribution is -0.110. The van der Waals surface area contributed by atoms with Crippen LogP contribution < -0.4 is 5.73 Å². The summed E-state index contributed by atoms with van der Waals surface area (Å²) in [5.41, 5.74) is 5.63. The van der Waals surface area contributed by atoms with Gasteiger partial charge in [-0.3, -0.25) is 0 Å². The summed E-state index contributed by atoms with van der Waals surface area (Å²) in [5.74, 6) is 1.30. The highest BCUT2D eigenvalue weighted by Gasteiger charge is 2.22. The molecule has 0 amide bonds. The van der Waals surface area contributed by atoms with Crippen LogP contribution in [-0.4, -0.2) is 12.3 Å². The molecule has 11 heavy (non-hydrogen) atoms. The molecular weight excluding hydrogens is 138 g/mol. The van der Waals surface area contributed by atoms with E-state index in [0.29, 0.717) is 5.92 Å². The lowest BCUT2D eigenvalue weighted by Gasteiger charge is -2.27. The molecule has 0 aromatic rings. The Labute approximate surface area is 68.2 Å². The summed E-state index contributed by atoms with van der Waals surface area (Å²) < 4.78 is 0. The van der Waals surface area contributed by atoms with Crippen molar-refractivity contribution in [3.8, 4) is 0 Å². The molecule has 1 atom stereocenters. The Morgan fingerprint density at radius 3 is 2.36 bits per heavy atom. The molecule has 1 aliphatic rings. The first-order valence-corrected chi connectivity index (χ1v) is 4.45. The van der Waals surface area contributed by atoms with Gasteiger partial charge >= 0.3 is 0 Å². The summed E-state index contributed by atoms with van der Waals surface area (Å²) in [5, 5.41) is 0. The summed E-state index contributed by atoms with van der Waals surface area (Å²) in [6, 6.07) is -0.206. The summed E-state index contributed by atoms with van der Waals surface area (Å²) in [7, 11) is 0. The van der Waals surface area contributed by atoms with Crippen molar-refractivity contribution >= 4 is 6.29 Å². The van der Waals surface area contributed by atoms with Crippen molar-refractivity contribution < 1.29 is 4.79 Å². The topological polar surface area (TPSA) is 43.1 Å². The Morgan fingerprint density at radius 1 is 1.36 bits per heavy atom. The number of carbonyl (C=O) groups excluding carboxylic acids is 1. The minimum Gasteiger partial charge on any atom is -0.322 e. The molecule has 0 saturated heterocycles. The zero-order chi connectivity index (χ0) is 8.27. The third-order valence-electron chi connectivity index (χ3n) is 2.76. The molecule has 0 heterocycles. The lowest BCUT2D eigenvalue weighted by atomic mass is 9.80. The molecule has 0 aliphatic heterocycles. The highest BCUT2D eigenvalue weighted by molar-refractivity contribution is 5.57. The van der Waals surface area contributed by atoms with E-state index in [1.165, 1.54) is 12.8 Å². The molecule has 64 valence electrons. The van der Waals surface area contributed by atoms with Gasteiger partial charge in [0.05, 0.1) is 6.04 Å². The fourth-order valence-corrected chi connectivity index (χ4v) is 1.78. The highest BCUT2D eigenvalue weighted by Crippen LogP contribution is 2.29. The van der Waals surface area contributed by atoms with Gasteiger partial charge in [-0.05, 0) is 24.7 Å². The molecule has 0 unspecified atom stereocenters. The van der Waals surface area contributed by atoms with Crippen molar-refractivity contribution in [2.75, 3.05) is 0 Å². The van der Waals surface area contributed by atoms with E-state index in [0.717, 1.165) is 25.0 Å². The second-order valence-electron chi connectivity index (χ2n) is 3.73. The first-order chi connectivity index (χ1) is 5.24. The average molecular weight is 155 g/mol. The third-order valence-corrected chi connectivity index (χ3v) is 2.76. The van der Waals surface area contributed by atoms with Crippen LogP contribution in [0.1, 0.15) is 32.6 Å². The van der Waals surface area contributed by atoms with E-state index in [1.54, 1.807) is 0 Å². The van der Waals surface area contributed by atoms with Gasteiger partial charge in [-0.1, -0.05) is 19.8 Å². The van der Waals surface area contributed by atoms with Crippen LogP contribution in [0.2, 0.25) is 0 Å². The van der Waals surface area contributed by atoms with E-state index in [9.17, 15) is 4.79 Å².